The Bertz CT molecular complexity index is 485. The molecule has 0 saturated heterocycles. The van der Waals surface area contributed by atoms with E-state index in [9.17, 15) is 13.2 Å². The second kappa shape index (κ2) is 3.90. The van der Waals surface area contributed by atoms with Gasteiger partial charge in [-0.25, -0.2) is 0 Å². The lowest BCUT2D eigenvalue weighted by Crippen LogP contribution is -2.03. The van der Waals surface area contributed by atoms with Gasteiger partial charge in [-0.1, -0.05) is 12.1 Å². The standard InChI is InChI=1S/C11H8F3NS/c1-7-6-10(16-15-7)8-2-4-9(5-3-8)11(12,13)14/h2-6H,1H3. The first-order chi connectivity index (χ1) is 7.47. The fraction of sp³-hybridized carbons (Fsp3) is 0.182. The third-order valence-corrected chi connectivity index (χ3v) is 3.05. The van der Waals surface area contributed by atoms with Crippen molar-refractivity contribution in [3.63, 3.8) is 0 Å². The molecule has 0 bridgehead atoms. The Kier molecular flexibility index (Phi) is 2.71. The third-order valence-electron chi connectivity index (χ3n) is 2.12. The van der Waals surface area contributed by atoms with Gasteiger partial charge in [0.05, 0.1) is 16.1 Å². The van der Waals surface area contributed by atoms with Crippen molar-refractivity contribution in [3.05, 3.63) is 41.6 Å². The van der Waals surface area contributed by atoms with Gasteiger partial charge in [0.1, 0.15) is 0 Å². The second-order valence-corrected chi connectivity index (χ2v) is 4.21. The highest BCUT2D eigenvalue weighted by Gasteiger charge is 2.29. The van der Waals surface area contributed by atoms with Gasteiger partial charge in [0.25, 0.3) is 0 Å². The smallest absolute Gasteiger partial charge is 0.197 e. The highest BCUT2D eigenvalue weighted by Crippen LogP contribution is 2.31. The first-order valence-electron chi connectivity index (χ1n) is 4.58. The maximum absolute atomic E-state index is 12.3. The Balaban J connectivity index is 2.33. The molecule has 1 aromatic carbocycles. The zero-order valence-electron chi connectivity index (χ0n) is 8.38. The number of aromatic nitrogens is 1. The number of hydrogen-bond acceptors (Lipinski definition) is 2. The van der Waals surface area contributed by atoms with Crippen LogP contribution in [0.5, 0.6) is 0 Å². The van der Waals surface area contributed by atoms with E-state index in [0.29, 0.717) is 0 Å². The average molecular weight is 243 g/mol. The van der Waals surface area contributed by atoms with Crippen LogP contribution < -0.4 is 0 Å². The summed E-state index contributed by atoms with van der Waals surface area (Å²) in [7, 11) is 0. The molecule has 0 atom stereocenters. The van der Waals surface area contributed by atoms with E-state index in [0.717, 1.165) is 28.3 Å². The molecule has 2 aromatic rings. The summed E-state index contributed by atoms with van der Waals surface area (Å²) in [6.07, 6.45) is -4.28. The molecule has 0 N–H and O–H groups in total. The van der Waals surface area contributed by atoms with E-state index < -0.39 is 11.7 Å². The monoisotopic (exact) mass is 243 g/mol. The van der Waals surface area contributed by atoms with Crippen LogP contribution in [-0.4, -0.2) is 4.37 Å². The molecule has 0 amide bonds. The van der Waals surface area contributed by atoms with Crippen molar-refractivity contribution in [1.29, 1.82) is 0 Å². The maximum atomic E-state index is 12.3. The first kappa shape index (κ1) is 11.1. The van der Waals surface area contributed by atoms with E-state index in [2.05, 4.69) is 4.37 Å². The van der Waals surface area contributed by atoms with E-state index in [1.54, 1.807) is 0 Å². The maximum Gasteiger partial charge on any atom is 0.416 e. The van der Waals surface area contributed by atoms with Gasteiger partial charge >= 0.3 is 6.18 Å². The molecule has 0 fully saturated rings. The summed E-state index contributed by atoms with van der Waals surface area (Å²) in [6, 6.07) is 6.97. The van der Waals surface area contributed by atoms with Gasteiger partial charge < -0.3 is 0 Å². The Hall–Kier alpha value is -1.36. The van der Waals surface area contributed by atoms with Crippen LogP contribution in [0.1, 0.15) is 11.3 Å². The molecule has 2 rings (SSSR count). The SMILES string of the molecule is Cc1cc(-c2ccc(C(F)(F)F)cc2)sn1. The predicted molar refractivity (Wildman–Crippen MR) is 57.3 cm³/mol. The molecule has 1 nitrogen and oxygen atoms in total. The van der Waals surface area contributed by atoms with Gasteiger partial charge in [0.2, 0.25) is 0 Å². The molecular formula is C11H8F3NS. The second-order valence-electron chi connectivity index (χ2n) is 3.41. The van der Waals surface area contributed by atoms with Crippen LogP contribution in [0.25, 0.3) is 10.4 Å². The zero-order valence-corrected chi connectivity index (χ0v) is 9.19. The summed E-state index contributed by atoms with van der Waals surface area (Å²) >= 11 is 1.28. The summed E-state index contributed by atoms with van der Waals surface area (Å²) in [5, 5.41) is 0. The molecule has 0 unspecified atom stereocenters. The van der Waals surface area contributed by atoms with Crippen molar-refractivity contribution in [3.8, 4) is 10.4 Å². The number of nitrogens with zero attached hydrogens (tertiary/aromatic N) is 1. The zero-order chi connectivity index (χ0) is 11.8. The molecular weight excluding hydrogens is 235 g/mol. The Morgan fingerprint density at radius 1 is 1.12 bits per heavy atom. The first-order valence-corrected chi connectivity index (χ1v) is 5.35. The molecule has 0 saturated carbocycles. The minimum absolute atomic E-state index is 0.627. The molecule has 0 aliphatic rings. The predicted octanol–water partition coefficient (Wildman–Crippen LogP) is 4.14. The number of benzene rings is 1. The average Bonchev–Trinajstić information content (AvgIpc) is 2.64. The van der Waals surface area contributed by atoms with Crippen molar-refractivity contribution in [2.75, 3.05) is 0 Å². The lowest BCUT2D eigenvalue weighted by atomic mass is 10.1. The van der Waals surface area contributed by atoms with Crippen LogP contribution in [0.4, 0.5) is 13.2 Å². The van der Waals surface area contributed by atoms with Gasteiger partial charge in [-0.3, -0.25) is 0 Å². The van der Waals surface area contributed by atoms with Gasteiger partial charge in [0, 0.05) is 0 Å². The van der Waals surface area contributed by atoms with E-state index in [1.165, 1.54) is 23.7 Å². The normalized spacial score (nSPS) is 11.8. The van der Waals surface area contributed by atoms with Gasteiger partial charge in [0.15, 0.2) is 0 Å². The van der Waals surface area contributed by atoms with Crippen molar-refractivity contribution < 1.29 is 13.2 Å². The Labute approximate surface area is 94.7 Å². The van der Waals surface area contributed by atoms with Crippen molar-refractivity contribution in [2.45, 2.75) is 13.1 Å². The molecule has 16 heavy (non-hydrogen) atoms. The molecule has 0 radical (unpaired) electrons. The van der Waals surface area contributed by atoms with Crippen LogP contribution in [-0.2, 0) is 6.18 Å². The number of aryl methyl sites for hydroxylation is 1. The molecule has 0 spiro atoms. The molecule has 1 heterocycles. The van der Waals surface area contributed by atoms with Crippen LogP contribution in [0.2, 0.25) is 0 Å². The van der Waals surface area contributed by atoms with E-state index in [-0.39, 0.29) is 0 Å². The number of rotatable bonds is 1. The van der Waals surface area contributed by atoms with E-state index in [1.807, 2.05) is 13.0 Å². The highest BCUT2D eigenvalue weighted by molar-refractivity contribution is 7.09. The topological polar surface area (TPSA) is 12.9 Å². The molecule has 1 aromatic heterocycles. The number of alkyl halides is 3. The lowest BCUT2D eigenvalue weighted by Gasteiger charge is -2.06. The van der Waals surface area contributed by atoms with Gasteiger partial charge in [-0.05, 0) is 42.2 Å². The van der Waals surface area contributed by atoms with Crippen LogP contribution >= 0.6 is 11.5 Å². The fourth-order valence-electron chi connectivity index (χ4n) is 1.32. The quantitative estimate of drug-likeness (QED) is 0.733. The highest BCUT2D eigenvalue weighted by atomic mass is 32.1. The molecule has 84 valence electrons. The van der Waals surface area contributed by atoms with Crippen LogP contribution in [0.15, 0.2) is 30.3 Å². The van der Waals surface area contributed by atoms with Crippen molar-refractivity contribution in [1.82, 2.24) is 4.37 Å². The van der Waals surface area contributed by atoms with Gasteiger partial charge in [-0.2, -0.15) is 17.5 Å². The van der Waals surface area contributed by atoms with E-state index in [4.69, 9.17) is 0 Å². The molecule has 0 aliphatic heterocycles. The summed E-state index contributed by atoms with van der Waals surface area (Å²) in [4.78, 5) is 0.881. The summed E-state index contributed by atoms with van der Waals surface area (Å²) < 4.78 is 41.0. The third kappa shape index (κ3) is 2.24. The molecule has 5 heteroatoms. The Morgan fingerprint density at radius 3 is 2.19 bits per heavy atom. The number of halogens is 3. The number of hydrogen-bond donors (Lipinski definition) is 0. The van der Waals surface area contributed by atoms with Crippen LogP contribution in [0, 0.1) is 6.92 Å². The molecule has 0 aliphatic carbocycles. The van der Waals surface area contributed by atoms with Crippen molar-refractivity contribution >= 4 is 11.5 Å². The largest absolute Gasteiger partial charge is 0.416 e. The Morgan fingerprint density at radius 2 is 1.75 bits per heavy atom. The van der Waals surface area contributed by atoms with Gasteiger partial charge in [-0.15, -0.1) is 0 Å². The minimum Gasteiger partial charge on any atom is -0.197 e. The summed E-state index contributed by atoms with van der Waals surface area (Å²) in [5.74, 6) is 0. The van der Waals surface area contributed by atoms with E-state index >= 15 is 0 Å². The summed E-state index contributed by atoms with van der Waals surface area (Å²) in [5.41, 5.74) is 1.01. The lowest BCUT2D eigenvalue weighted by molar-refractivity contribution is -0.137. The van der Waals surface area contributed by atoms with Crippen molar-refractivity contribution in [2.24, 2.45) is 0 Å². The summed E-state index contributed by atoms with van der Waals surface area (Å²) in [6.45, 7) is 1.85. The fourth-order valence-corrected chi connectivity index (χ4v) is 2.08. The minimum atomic E-state index is -4.28. The van der Waals surface area contributed by atoms with Crippen LogP contribution in [0.3, 0.4) is 0 Å².